The first kappa shape index (κ1) is 40.8. The lowest BCUT2D eigenvalue weighted by Gasteiger charge is -2.33. The molecule has 2 N–H and O–H groups in total. The van der Waals surface area contributed by atoms with Gasteiger partial charge in [0, 0.05) is 43.3 Å². The molecule has 0 heterocycles. The zero-order valence-corrected chi connectivity index (χ0v) is 36.5. The lowest BCUT2D eigenvalue weighted by atomic mass is 9.73. The predicted molar refractivity (Wildman–Crippen MR) is 244 cm³/mol. The third-order valence-corrected chi connectivity index (χ3v) is 15.9. The molecule has 0 bridgehead atoms. The second kappa shape index (κ2) is 16.1. The summed E-state index contributed by atoms with van der Waals surface area (Å²) in [6.07, 6.45) is 3.19. The van der Waals surface area contributed by atoms with Gasteiger partial charge in [-0.15, -0.1) is 23.5 Å². The lowest BCUT2D eigenvalue weighted by Crippen LogP contribution is -2.24. The zero-order valence-electron chi connectivity index (χ0n) is 34.8. The number of aromatic hydroxyl groups is 2. The molecule has 57 heavy (non-hydrogen) atoms. The smallest absolute Gasteiger partial charge is 0.133 e. The molecule has 2 atom stereocenters. The maximum absolute atomic E-state index is 12.3. The van der Waals surface area contributed by atoms with Crippen molar-refractivity contribution in [1.29, 1.82) is 0 Å². The first-order valence-electron chi connectivity index (χ1n) is 20.4. The van der Waals surface area contributed by atoms with Crippen molar-refractivity contribution in [1.82, 2.24) is 0 Å². The molecule has 294 valence electrons. The van der Waals surface area contributed by atoms with Crippen molar-refractivity contribution in [3.8, 4) is 11.5 Å². The Kier molecular flexibility index (Phi) is 11.5. The highest BCUT2D eigenvalue weighted by atomic mass is 32.2. The van der Waals surface area contributed by atoms with E-state index < -0.39 is 10.8 Å². The molecule has 0 radical (unpaired) electrons. The summed E-state index contributed by atoms with van der Waals surface area (Å²) >= 11 is 3.65. The second-order valence-electron chi connectivity index (χ2n) is 17.9. The Hall–Kier alpha value is -4.38. The van der Waals surface area contributed by atoms with Crippen LogP contribution in [-0.4, -0.2) is 20.7 Å². The standard InChI is InChI=1S/C53H58O2S2/c1-50(2,36-22-13-9-14-23-36)40-32-42(52(5,6)38-26-17-11-18-27-38)48(54)46(34-40)56-44-30-21-31-45(44)57-47-35-41(51(3,4)37-24-15-10-16-25-37)33-43(49(47)55)53(7,8)39-28-19-12-20-29-39/h9-20,22-29,32-35,44-45,54-55H,21,30-31H2,1-8H3. The highest BCUT2D eigenvalue weighted by Crippen LogP contribution is 2.53. The topological polar surface area (TPSA) is 40.5 Å². The molecular weight excluding hydrogens is 733 g/mol. The lowest BCUT2D eigenvalue weighted by molar-refractivity contribution is 0.437. The number of benzene rings is 6. The Morgan fingerprint density at radius 1 is 0.386 bits per heavy atom. The van der Waals surface area contributed by atoms with Crippen LogP contribution in [0, 0.1) is 0 Å². The molecule has 1 aliphatic carbocycles. The first-order chi connectivity index (χ1) is 27.1. The SMILES string of the molecule is CC(C)(c1ccccc1)c1cc(SC2CCCC2Sc2cc(C(C)(C)c3ccccc3)cc(C(C)(C)c3ccccc3)c2O)c(O)c(C(C)(C)c2ccccc2)c1. The average Bonchev–Trinajstić information content (AvgIpc) is 3.66. The summed E-state index contributed by atoms with van der Waals surface area (Å²) in [5, 5.41) is 25.2. The van der Waals surface area contributed by atoms with Crippen molar-refractivity contribution in [3.05, 3.63) is 190 Å². The van der Waals surface area contributed by atoms with E-state index in [9.17, 15) is 10.2 Å². The number of hydrogen-bond donors (Lipinski definition) is 2. The minimum absolute atomic E-state index is 0.249. The van der Waals surface area contributed by atoms with E-state index in [1.54, 1.807) is 0 Å². The quantitative estimate of drug-likeness (QED) is 0.130. The summed E-state index contributed by atoms with van der Waals surface area (Å²) in [6.45, 7) is 18.0. The fourth-order valence-corrected chi connectivity index (χ4v) is 11.6. The van der Waals surface area contributed by atoms with Gasteiger partial charge in [-0.05, 0) is 58.4 Å². The summed E-state index contributed by atoms with van der Waals surface area (Å²) in [7, 11) is 0. The minimum Gasteiger partial charge on any atom is -0.506 e. The van der Waals surface area contributed by atoms with Gasteiger partial charge in [-0.3, -0.25) is 0 Å². The van der Waals surface area contributed by atoms with Crippen LogP contribution in [0.25, 0.3) is 0 Å². The Morgan fingerprint density at radius 2 is 0.667 bits per heavy atom. The Morgan fingerprint density at radius 3 is 0.965 bits per heavy atom. The molecule has 4 heteroatoms. The molecular formula is C53H58O2S2. The van der Waals surface area contributed by atoms with Gasteiger partial charge in [-0.2, -0.15) is 0 Å². The van der Waals surface area contributed by atoms with E-state index in [2.05, 4.69) is 201 Å². The van der Waals surface area contributed by atoms with Crippen LogP contribution < -0.4 is 0 Å². The minimum atomic E-state index is -0.424. The van der Waals surface area contributed by atoms with Gasteiger partial charge >= 0.3 is 0 Å². The molecule has 6 aromatic carbocycles. The molecule has 1 saturated carbocycles. The van der Waals surface area contributed by atoms with Gasteiger partial charge < -0.3 is 10.2 Å². The fourth-order valence-electron chi connectivity index (χ4n) is 8.62. The maximum atomic E-state index is 12.3. The van der Waals surface area contributed by atoms with Gasteiger partial charge in [0.1, 0.15) is 11.5 Å². The molecule has 2 unspecified atom stereocenters. The highest BCUT2D eigenvalue weighted by molar-refractivity contribution is 8.04. The Bertz CT molecular complexity index is 2130. The van der Waals surface area contributed by atoms with E-state index in [-0.39, 0.29) is 21.3 Å². The number of phenols is 2. The largest absolute Gasteiger partial charge is 0.506 e. The van der Waals surface area contributed by atoms with E-state index in [1.165, 1.54) is 33.4 Å². The predicted octanol–water partition coefficient (Wildman–Crippen LogP) is 14.2. The van der Waals surface area contributed by atoms with Crippen molar-refractivity contribution < 1.29 is 10.2 Å². The summed E-state index contributed by atoms with van der Waals surface area (Å²) in [4.78, 5) is 1.86. The van der Waals surface area contributed by atoms with E-state index in [0.717, 1.165) is 40.2 Å². The van der Waals surface area contributed by atoms with Crippen LogP contribution in [0.2, 0.25) is 0 Å². The molecule has 0 saturated heterocycles. The molecule has 7 rings (SSSR count). The normalized spacial score (nSPS) is 16.5. The van der Waals surface area contributed by atoms with E-state index in [1.807, 2.05) is 23.5 Å². The van der Waals surface area contributed by atoms with Gasteiger partial charge in [-0.1, -0.05) is 195 Å². The molecule has 6 aromatic rings. The summed E-state index contributed by atoms with van der Waals surface area (Å²) in [5.74, 6) is 0.747. The van der Waals surface area contributed by atoms with Gasteiger partial charge in [0.2, 0.25) is 0 Å². The Labute approximate surface area is 350 Å². The summed E-state index contributed by atoms with van der Waals surface area (Å²) in [5.41, 5.74) is 7.69. The van der Waals surface area contributed by atoms with Gasteiger partial charge in [0.05, 0.1) is 9.79 Å². The third kappa shape index (κ3) is 8.05. The second-order valence-corrected chi connectivity index (χ2v) is 20.5. The van der Waals surface area contributed by atoms with Crippen LogP contribution in [-0.2, 0) is 21.7 Å². The summed E-state index contributed by atoms with van der Waals surface area (Å²) in [6, 6.07) is 51.5. The molecule has 0 aromatic heterocycles. The van der Waals surface area contributed by atoms with Crippen molar-refractivity contribution in [2.45, 2.75) is 117 Å². The third-order valence-electron chi connectivity index (χ3n) is 12.9. The zero-order chi connectivity index (χ0) is 40.6. The van der Waals surface area contributed by atoms with Crippen LogP contribution in [0.5, 0.6) is 11.5 Å². The van der Waals surface area contributed by atoms with Crippen LogP contribution in [0.15, 0.2) is 155 Å². The van der Waals surface area contributed by atoms with Crippen molar-refractivity contribution in [2.75, 3.05) is 0 Å². The molecule has 1 fully saturated rings. The van der Waals surface area contributed by atoms with Crippen LogP contribution >= 0.6 is 23.5 Å². The highest BCUT2D eigenvalue weighted by Gasteiger charge is 2.37. The Balaban J connectivity index is 1.30. The van der Waals surface area contributed by atoms with Crippen LogP contribution in [0.1, 0.15) is 119 Å². The van der Waals surface area contributed by atoms with E-state index in [0.29, 0.717) is 11.5 Å². The first-order valence-corrected chi connectivity index (χ1v) is 22.2. The maximum Gasteiger partial charge on any atom is 0.133 e. The molecule has 2 nitrogen and oxygen atoms in total. The van der Waals surface area contributed by atoms with Gasteiger partial charge in [0.15, 0.2) is 0 Å². The number of thioether (sulfide) groups is 2. The fraction of sp³-hybridized carbons (Fsp3) is 0.321. The van der Waals surface area contributed by atoms with E-state index in [4.69, 9.17) is 0 Å². The number of rotatable bonds is 12. The van der Waals surface area contributed by atoms with Gasteiger partial charge in [-0.25, -0.2) is 0 Å². The summed E-state index contributed by atoms with van der Waals surface area (Å²) < 4.78 is 0. The van der Waals surface area contributed by atoms with Crippen molar-refractivity contribution >= 4 is 23.5 Å². The van der Waals surface area contributed by atoms with E-state index >= 15 is 0 Å². The van der Waals surface area contributed by atoms with Crippen molar-refractivity contribution in [2.24, 2.45) is 0 Å². The monoisotopic (exact) mass is 790 g/mol. The number of hydrogen-bond acceptors (Lipinski definition) is 4. The molecule has 0 spiro atoms. The average molecular weight is 791 g/mol. The van der Waals surface area contributed by atoms with Gasteiger partial charge in [0.25, 0.3) is 0 Å². The van der Waals surface area contributed by atoms with Crippen LogP contribution in [0.4, 0.5) is 0 Å². The molecule has 0 amide bonds. The molecule has 0 aliphatic heterocycles. The molecule has 1 aliphatic rings. The number of phenolic OH excluding ortho intramolecular Hbond substituents is 2. The van der Waals surface area contributed by atoms with Crippen molar-refractivity contribution in [3.63, 3.8) is 0 Å². The van der Waals surface area contributed by atoms with Crippen LogP contribution in [0.3, 0.4) is 0 Å².